The van der Waals surface area contributed by atoms with Gasteiger partial charge in [-0.1, -0.05) is 0 Å². The molecule has 7 nitrogen and oxygen atoms in total. The highest BCUT2D eigenvalue weighted by atomic mass is 16.5. The van der Waals surface area contributed by atoms with Gasteiger partial charge in [0.2, 0.25) is 0 Å². The number of ketones is 1. The highest BCUT2D eigenvalue weighted by molar-refractivity contribution is 6.01. The van der Waals surface area contributed by atoms with Crippen LogP contribution in [0.2, 0.25) is 0 Å². The highest BCUT2D eigenvalue weighted by Gasteiger charge is 2.66. The second kappa shape index (κ2) is 5.39. The minimum atomic E-state index is -1.62. The minimum absolute atomic E-state index is 0.104. The molecule has 1 N–H and O–H groups in total. The Morgan fingerprint density at radius 3 is 2.55 bits per heavy atom. The molecule has 1 heterocycles. The molecule has 0 amide bonds. The fourth-order valence-electron chi connectivity index (χ4n) is 3.25. The second-order valence-corrected chi connectivity index (χ2v) is 6.13. The molecule has 22 heavy (non-hydrogen) atoms. The first-order valence-electron chi connectivity index (χ1n) is 7.08. The lowest BCUT2D eigenvalue weighted by Crippen LogP contribution is -2.52. The largest absolute Gasteiger partial charge is 0.469 e. The summed E-state index contributed by atoms with van der Waals surface area (Å²) in [6, 6.07) is 0. The summed E-state index contributed by atoms with van der Waals surface area (Å²) in [4.78, 5) is 37.3. The molecular weight excluding hydrogens is 290 g/mol. The van der Waals surface area contributed by atoms with Gasteiger partial charge in [-0.05, 0) is 13.8 Å². The molecule has 0 saturated carbocycles. The third-order valence-electron chi connectivity index (χ3n) is 4.77. The zero-order valence-corrected chi connectivity index (χ0v) is 13.2. The molecule has 1 fully saturated rings. The van der Waals surface area contributed by atoms with Crippen LogP contribution in [0.5, 0.6) is 0 Å². The highest BCUT2D eigenvalue weighted by Crippen LogP contribution is 2.53. The maximum atomic E-state index is 12.2. The molecule has 2 rings (SSSR count). The van der Waals surface area contributed by atoms with Gasteiger partial charge >= 0.3 is 11.9 Å². The molecule has 1 saturated heterocycles. The Kier molecular flexibility index (Phi) is 4.04. The van der Waals surface area contributed by atoms with Gasteiger partial charge in [0.15, 0.2) is 5.78 Å². The number of esters is 2. The number of carbonyl (C=O) groups is 3. The van der Waals surface area contributed by atoms with Crippen molar-refractivity contribution >= 4 is 17.7 Å². The Bertz CT molecular complexity index is 552. The molecule has 1 aliphatic heterocycles. The van der Waals surface area contributed by atoms with Crippen LogP contribution in [0, 0.1) is 11.3 Å². The standard InChI is InChI=1S/C15H21NO6/c1-14(2)11(17)7-10-15(14,20)9(13(19)22-4)8-16(10)6-5-12(18)21-3/h7,9,20H,5-6,8H2,1-4H3/t9-,15+/m1/s1. The SMILES string of the molecule is COC(=O)CCN1C[C@H](C(=O)OC)[C@]2(O)C1=CC(=O)C2(C)C. The van der Waals surface area contributed by atoms with Crippen LogP contribution in [0.4, 0.5) is 0 Å². The first-order valence-corrected chi connectivity index (χ1v) is 7.08. The molecule has 7 heteroatoms. The molecule has 0 spiro atoms. The van der Waals surface area contributed by atoms with Gasteiger partial charge in [0, 0.05) is 19.2 Å². The van der Waals surface area contributed by atoms with Crippen molar-refractivity contribution in [3.63, 3.8) is 0 Å². The third-order valence-corrected chi connectivity index (χ3v) is 4.77. The lowest BCUT2D eigenvalue weighted by atomic mass is 9.70. The first-order chi connectivity index (χ1) is 10.2. The van der Waals surface area contributed by atoms with E-state index >= 15 is 0 Å². The van der Waals surface area contributed by atoms with Crippen LogP contribution in [0.1, 0.15) is 20.3 Å². The third kappa shape index (κ3) is 2.11. The maximum absolute atomic E-state index is 12.2. The number of allylic oxidation sites excluding steroid dienone is 1. The lowest BCUT2D eigenvalue weighted by molar-refractivity contribution is -0.159. The summed E-state index contributed by atoms with van der Waals surface area (Å²) in [5.74, 6) is -2.09. The molecule has 0 aromatic rings. The smallest absolute Gasteiger partial charge is 0.313 e. The summed E-state index contributed by atoms with van der Waals surface area (Å²) >= 11 is 0. The number of nitrogens with zero attached hydrogens (tertiary/aromatic N) is 1. The average molecular weight is 311 g/mol. The molecule has 1 aliphatic carbocycles. The minimum Gasteiger partial charge on any atom is -0.469 e. The zero-order chi connectivity index (χ0) is 16.7. The van der Waals surface area contributed by atoms with E-state index < -0.39 is 28.9 Å². The number of ether oxygens (including phenoxy) is 2. The van der Waals surface area contributed by atoms with Gasteiger partial charge in [-0.25, -0.2) is 0 Å². The van der Waals surface area contributed by atoms with Crippen molar-refractivity contribution < 1.29 is 29.0 Å². The molecule has 0 unspecified atom stereocenters. The maximum Gasteiger partial charge on any atom is 0.313 e. The monoisotopic (exact) mass is 311 g/mol. The fourth-order valence-corrected chi connectivity index (χ4v) is 3.25. The van der Waals surface area contributed by atoms with Gasteiger partial charge in [0.1, 0.15) is 11.5 Å². The van der Waals surface area contributed by atoms with E-state index in [1.807, 2.05) is 0 Å². The Hall–Kier alpha value is -1.89. The van der Waals surface area contributed by atoms with E-state index in [1.54, 1.807) is 18.7 Å². The van der Waals surface area contributed by atoms with E-state index in [2.05, 4.69) is 4.74 Å². The van der Waals surface area contributed by atoms with E-state index in [-0.39, 0.29) is 25.3 Å². The molecule has 2 atom stereocenters. The quantitative estimate of drug-likeness (QED) is 0.723. The lowest BCUT2D eigenvalue weighted by Gasteiger charge is -2.37. The number of aliphatic hydroxyl groups is 1. The Morgan fingerprint density at radius 1 is 1.36 bits per heavy atom. The van der Waals surface area contributed by atoms with Crippen molar-refractivity contribution in [2.45, 2.75) is 25.9 Å². The molecule has 0 aromatic carbocycles. The van der Waals surface area contributed by atoms with Crippen molar-refractivity contribution in [1.82, 2.24) is 4.90 Å². The molecule has 0 aromatic heterocycles. The van der Waals surface area contributed by atoms with Gasteiger partial charge in [-0.3, -0.25) is 14.4 Å². The topological polar surface area (TPSA) is 93.1 Å². The Morgan fingerprint density at radius 2 is 2.00 bits per heavy atom. The van der Waals surface area contributed by atoms with Crippen molar-refractivity contribution in [2.24, 2.45) is 11.3 Å². The van der Waals surface area contributed by atoms with Crippen molar-refractivity contribution in [3.05, 3.63) is 11.8 Å². The van der Waals surface area contributed by atoms with Crippen LogP contribution in [-0.4, -0.2) is 60.6 Å². The zero-order valence-electron chi connectivity index (χ0n) is 13.2. The number of hydrogen-bond donors (Lipinski definition) is 1. The molecule has 2 aliphatic rings. The number of carbonyl (C=O) groups excluding carboxylic acids is 3. The van der Waals surface area contributed by atoms with E-state index in [4.69, 9.17) is 4.74 Å². The Labute approximate surface area is 128 Å². The second-order valence-electron chi connectivity index (χ2n) is 6.13. The van der Waals surface area contributed by atoms with Crippen LogP contribution in [0.3, 0.4) is 0 Å². The number of hydrogen-bond acceptors (Lipinski definition) is 7. The van der Waals surface area contributed by atoms with Gasteiger partial charge < -0.3 is 19.5 Å². The van der Waals surface area contributed by atoms with Gasteiger partial charge in [-0.15, -0.1) is 0 Å². The van der Waals surface area contributed by atoms with Crippen LogP contribution >= 0.6 is 0 Å². The predicted octanol–water partition coefficient (Wildman–Crippen LogP) is -0.122. The normalized spacial score (nSPS) is 29.1. The average Bonchev–Trinajstić information content (AvgIpc) is 2.86. The molecule has 122 valence electrons. The number of likely N-dealkylation sites (tertiary alicyclic amines) is 1. The van der Waals surface area contributed by atoms with Gasteiger partial charge in [0.25, 0.3) is 0 Å². The molecule has 0 bridgehead atoms. The van der Waals surface area contributed by atoms with Gasteiger partial charge in [0.05, 0.1) is 31.8 Å². The van der Waals surface area contributed by atoms with Crippen molar-refractivity contribution in [2.75, 3.05) is 27.3 Å². The summed E-state index contributed by atoms with van der Waals surface area (Å²) in [5, 5.41) is 11.1. The van der Waals surface area contributed by atoms with Crippen LogP contribution in [0.15, 0.2) is 11.8 Å². The van der Waals surface area contributed by atoms with Crippen LogP contribution in [0.25, 0.3) is 0 Å². The number of fused-ring (bicyclic) bond motifs is 1. The summed E-state index contributed by atoms with van der Waals surface area (Å²) in [6.07, 6.45) is 1.46. The summed E-state index contributed by atoms with van der Waals surface area (Å²) in [7, 11) is 2.54. The van der Waals surface area contributed by atoms with Crippen LogP contribution in [-0.2, 0) is 23.9 Å². The summed E-state index contributed by atoms with van der Waals surface area (Å²) in [5.41, 5.74) is -2.36. The van der Waals surface area contributed by atoms with Crippen molar-refractivity contribution in [3.8, 4) is 0 Å². The van der Waals surface area contributed by atoms with Crippen LogP contribution < -0.4 is 0 Å². The van der Waals surface area contributed by atoms with Crippen molar-refractivity contribution in [1.29, 1.82) is 0 Å². The molecule has 0 radical (unpaired) electrons. The van der Waals surface area contributed by atoms with E-state index in [0.717, 1.165) is 0 Å². The number of rotatable bonds is 4. The van der Waals surface area contributed by atoms with E-state index in [1.165, 1.54) is 20.3 Å². The Balaban J connectivity index is 2.34. The van der Waals surface area contributed by atoms with E-state index in [9.17, 15) is 19.5 Å². The summed E-state index contributed by atoms with van der Waals surface area (Å²) < 4.78 is 9.37. The fraction of sp³-hybridized carbons (Fsp3) is 0.667. The number of methoxy groups -OCH3 is 2. The van der Waals surface area contributed by atoms with Gasteiger partial charge in [-0.2, -0.15) is 0 Å². The van der Waals surface area contributed by atoms with E-state index in [0.29, 0.717) is 5.70 Å². The molecular formula is C15H21NO6. The summed E-state index contributed by atoms with van der Waals surface area (Å²) in [6.45, 7) is 3.68. The first kappa shape index (κ1) is 16.5. The predicted molar refractivity (Wildman–Crippen MR) is 75.5 cm³/mol.